The summed E-state index contributed by atoms with van der Waals surface area (Å²) in [6.07, 6.45) is 1.55. The number of para-hydroxylation sites is 2. The van der Waals surface area contributed by atoms with Gasteiger partial charge >= 0.3 is 6.01 Å². The zero-order chi connectivity index (χ0) is 22.7. The minimum Gasteiger partial charge on any atom is -0.497 e. The minimum absolute atomic E-state index is 0.115. The molecule has 0 bridgehead atoms. The number of hydrogen-bond donors (Lipinski definition) is 1. The van der Waals surface area contributed by atoms with E-state index in [1.807, 2.05) is 36.4 Å². The van der Waals surface area contributed by atoms with Crippen molar-refractivity contribution in [3.8, 4) is 5.75 Å². The van der Waals surface area contributed by atoms with Gasteiger partial charge in [0.05, 0.1) is 17.9 Å². The molecule has 1 N–H and O–H groups in total. The highest BCUT2D eigenvalue weighted by atomic mass is 32.2. The van der Waals surface area contributed by atoms with Crippen molar-refractivity contribution in [2.24, 2.45) is 0 Å². The molecule has 4 aromatic rings. The molecule has 4 rings (SSSR count). The average Bonchev–Trinajstić information content (AvgIpc) is 3.19. The largest absolute Gasteiger partial charge is 0.497 e. The number of ether oxygens (including phenoxy) is 1. The van der Waals surface area contributed by atoms with Crippen LogP contribution in [0.4, 0.5) is 6.01 Å². The Morgan fingerprint density at radius 2 is 1.72 bits per heavy atom. The second kappa shape index (κ2) is 8.84. The van der Waals surface area contributed by atoms with Crippen LogP contribution in [0.25, 0.3) is 11.1 Å². The molecule has 1 amide bonds. The molecule has 0 fully saturated rings. The van der Waals surface area contributed by atoms with Gasteiger partial charge in [-0.2, -0.15) is 4.98 Å². The van der Waals surface area contributed by atoms with E-state index in [0.717, 1.165) is 17.6 Å². The average molecular weight is 451 g/mol. The van der Waals surface area contributed by atoms with Crippen molar-refractivity contribution in [1.29, 1.82) is 0 Å². The standard InChI is InChI=1S/C24H22N2O5S/c1-30-18-11-7-16(8-12-18)15-20(17-9-13-19(14-10-17)32(2,28)29)23(27)26-24-25-21-5-3-4-6-22(21)31-24/h3-14,20H,15H2,1-2H3,(H,25,26,27). The van der Waals surface area contributed by atoms with Crippen LogP contribution in [0.1, 0.15) is 17.0 Å². The first-order chi connectivity index (χ1) is 15.3. The molecule has 0 aliphatic heterocycles. The number of carbonyl (C=O) groups excluding carboxylic acids is 1. The third kappa shape index (κ3) is 4.81. The SMILES string of the molecule is COc1ccc(CC(C(=O)Nc2nc3ccccc3o2)c2ccc(S(C)(=O)=O)cc2)cc1. The first-order valence-corrected chi connectivity index (χ1v) is 11.8. The summed E-state index contributed by atoms with van der Waals surface area (Å²) in [5, 5.41) is 2.76. The number of rotatable bonds is 7. The van der Waals surface area contributed by atoms with Crippen molar-refractivity contribution >= 4 is 32.9 Å². The van der Waals surface area contributed by atoms with E-state index < -0.39 is 15.8 Å². The number of amides is 1. The number of benzene rings is 3. The summed E-state index contributed by atoms with van der Waals surface area (Å²) >= 11 is 0. The molecule has 1 atom stereocenters. The van der Waals surface area contributed by atoms with Crippen LogP contribution in [0, 0.1) is 0 Å². The van der Waals surface area contributed by atoms with Crippen LogP contribution >= 0.6 is 0 Å². The lowest BCUT2D eigenvalue weighted by molar-refractivity contribution is -0.117. The Balaban J connectivity index is 1.64. The van der Waals surface area contributed by atoms with Gasteiger partial charge in [0.2, 0.25) is 5.91 Å². The van der Waals surface area contributed by atoms with Crippen LogP contribution in [0.5, 0.6) is 5.75 Å². The molecule has 1 heterocycles. The highest BCUT2D eigenvalue weighted by Crippen LogP contribution is 2.26. The molecule has 164 valence electrons. The van der Waals surface area contributed by atoms with Crippen molar-refractivity contribution in [2.45, 2.75) is 17.2 Å². The number of sulfone groups is 1. The van der Waals surface area contributed by atoms with Gasteiger partial charge in [0.1, 0.15) is 11.3 Å². The lowest BCUT2D eigenvalue weighted by Crippen LogP contribution is -2.23. The predicted molar refractivity (Wildman–Crippen MR) is 122 cm³/mol. The molecule has 8 heteroatoms. The minimum atomic E-state index is -3.33. The highest BCUT2D eigenvalue weighted by Gasteiger charge is 2.24. The molecule has 1 aromatic heterocycles. The molecule has 0 aliphatic carbocycles. The topological polar surface area (TPSA) is 98.5 Å². The van der Waals surface area contributed by atoms with E-state index in [1.165, 1.54) is 12.1 Å². The van der Waals surface area contributed by atoms with E-state index in [9.17, 15) is 13.2 Å². The van der Waals surface area contributed by atoms with Gasteiger partial charge in [0.25, 0.3) is 0 Å². The highest BCUT2D eigenvalue weighted by molar-refractivity contribution is 7.90. The zero-order valence-corrected chi connectivity index (χ0v) is 18.4. The molecule has 7 nitrogen and oxygen atoms in total. The Kier molecular flexibility index (Phi) is 5.96. The van der Waals surface area contributed by atoms with Crippen LogP contribution in [-0.4, -0.2) is 32.7 Å². The monoisotopic (exact) mass is 450 g/mol. The molecular weight excluding hydrogens is 428 g/mol. The van der Waals surface area contributed by atoms with Gasteiger partial charge in [-0.3, -0.25) is 10.1 Å². The molecular formula is C24H22N2O5S. The summed E-state index contributed by atoms with van der Waals surface area (Å²) in [7, 11) is -1.74. The first-order valence-electron chi connectivity index (χ1n) is 9.93. The van der Waals surface area contributed by atoms with Gasteiger partial charge in [-0.25, -0.2) is 8.42 Å². The third-order valence-electron chi connectivity index (χ3n) is 5.15. The fourth-order valence-corrected chi connectivity index (χ4v) is 4.06. The smallest absolute Gasteiger partial charge is 0.302 e. The molecule has 0 saturated heterocycles. The summed E-state index contributed by atoms with van der Waals surface area (Å²) in [5.41, 5.74) is 2.83. The van der Waals surface area contributed by atoms with E-state index in [4.69, 9.17) is 9.15 Å². The predicted octanol–water partition coefficient (Wildman–Crippen LogP) is 4.20. The third-order valence-corrected chi connectivity index (χ3v) is 6.28. The number of anilines is 1. The maximum absolute atomic E-state index is 13.2. The van der Waals surface area contributed by atoms with Crippen LogP contribution < -0.4 is 10.1 Å². The molecule has 3 aromatic carbocycles. The van der Waals surface area contributed by atoms with Crippen molar-refractivity contribution in [2.75, 3.05) is 18.7 Å². The molecule has 0 aliphatic rings. The van der Waals surface area contributed by atoms with Gasteiger partial charge < -0.3 is 9.15 Å². The van der Waals surface area contributed by atoms with Crippen molar-refractivity contribution in [1.82, 2.24) is 4.98 Å². The number of carbonyl (C=O) groups is 1. The van der Waals surface area contributed by atoms with E-state index in [1.54, 1.807) is 31.4 Å². The molecule has 1 unspecified atom stereocenters. The number of fused-ring (bicyclic) bond motifs is 1. The lowest BCUT2D eigenvalue weighted by Gasteiger charge is -2.17. The Morgan fingerprint density at radius 1 is 1.03 bits per heavy atom. The van der Waals surface area contributed by atoms with Crippen molar-refractivity contribution in [3.63, 3.8) is 0 Å². The summed E-state index contributed by atoms with van der Waals surface area (Å²) < 4.78 is 34.5. The van der Waals surface area contributed by atoms with Gasteiger partial charge in [-0.15, -0.1) is 0 Å². The molecule has 32 heavy (non-hydrogen) atoms. The summed E-state index contributed by atoms with van der Waals surface area (Å²) in [5.74, 6) is -0.176. The van der Waals surface area contributed by atoms with Gasteiger partial charge in [-0.1, -0.05) is 36.4 Å². The normalized spacial score (nSPS) is 12.4. The quantitative estimate of drug-likeness (QED) is 0.453. The Labute approximate surface area is 186 Å². The van der Waals surface area contributed by atoms with Crippen LogP contribution in [-0.2, 0) is 21.1 Å². The zero-order valence-electron chi connectivity index (χ0n) is 17.6. The number of oxazole rings is 1. The summed E-state index contributed by atoms with van der Waals surface area (Å²) in [6, 6.07) is 21.2. The molecule has 0 spiro atoms. The summed E-state index contributed by atoms with van der Waals surface area (Å²) in [4.78, 5) is 17.8. The fourth-order valence-electron chi connectivity index (χ4n) is 3.42. The van der Waals surface area contributed by atoms with E-state index >= 15 is 0 Å². The second-order valence-electron chi connectivity index (χ2n) is 7.42. The van der Waals surface area contributed by atoms with Gasteiger partial charge in [0, 0.05) is 6.26 Å². The van der Waals surface area contributed by atoms with E-state index in [0.29, 0.717) is 23.1 Å². The Hall–Kier alpha value is -3.65. The Morgan fingerprint density at radius 3 is 2.34 bits per heavy atom. The fraction of sp³-hybridized carbons (Fsp3) is 0.167. The van der Waals surface area contributed by atoms with Crippen LogP contribution in [0.3, 0.4) is 0 Å². The van der Waals surface area contributed by atoms with Gasteiger partial charge in [-0.05, 0) is 53.9 Å². The van der Waals surface area contributed by atoms with Crippen LogP contribution in [0.15, 0.2) is 82.1 Å². The van der Waals surface area contributed by atoms with Gasteiger partial charge in [0.15, 0.2) is 15.4 Å². The van der Waals surface area contributed by atoms with Crippen LogP contribution in [0.2, 0.25) is 0 Å². The molecule has 0 radical (unpaired) electrons. The number of nitrogens with zero attached hydrogens (tertiary/aromatic N) is 1. The number of nitrogens with one attached hydrogen (secondary N) is 1. The number of aromatic nitrogens is 1. The number of methoxy groups -OCH3 is 1. The van der Waals surface area contributed by atoms with Crippen molar-refractivity contribution in [3.05, 3.63) is 83.9 Å². The molecule has 0 saturated carbocycles. The maximum Gasteiger partial charge on any atom is 0.302 e. The van der Waals surface area contributed by atoms with Crippen molar-refractivity contribution < 1.29 is 22.4 Å². The lowest BCUT2D eigenvalue weighted by atomic mass is 9.91. The number of hydrogen-bond acceptors (Lipinski definition) is 6. The second-order valence-corrected chi connectivity index (χ2v) is 9.44. The summed E-state index contributed by atoms with van der Waals surface area (Å²) in [6.45, 7) is 0. The maximum atomic E-state index is 13.2. The Bertz CT molecular complexity index is 1310. The van der Waals surface area contributed by atoms with E-state index in [2.05, 4.69) is 10.3 Å². The van der Waals surface area contributed by atoms with E-state index in [-0.39, 0.29) is 16.8 Å². The first kappa shape index (κ1) is 21.6.